The fourth-order valence-corrected chi connectivity index (χ4v) is 0.804. The maximum absolute atomic E-state index is 11.1. The SMILES string of the molecule is CCOC(=O)c1ccc(N)c(N)n1. The number of pyridine rings is 1. The molecule has 0 aliphatic heterocycles. The molecule has 0 saturated heterocycles. The van der Waals surface area contributed by atoms with Gasteiger partial charge in [0.1, 0.15) is 5.82 Å². The van der Waals surface area contributed by atoms with Gasteiger partial charge in [-0.15, -0.1) is 0 Å². The van der Waals surface area contributed by atoms with Crippen LogP contribution in [0, 0.1) is 0 Å². The van der Waals surface area contributed by atoms with Gasteiger partial charge < -0.3 is 16.2 Å². The van der Waals surface area contributed by atoms with Crippen molar-refractivity contribution in [1.29, 1.82) is 0 Å². The lowest BCUT2D eigenvalue weighted by Gasteiger charge is -2.02. The average Bonchev–Trinajstić information content (AvgIpc) is 2.10. The zero-order chi connectivity index (χ0) is 9.84. The first-order valence-electron chi connectivity index (χ1n) is 3.84. The van der Waals surface area contributed by atoms with Gasteiger partial charge in [-0.05, 0) is 19.1 Å². The van der Waals surface area contributed by atoms with Crippen molar-refractivity contribution in [2.45, 2.75) is 6.92 Å². The number of rotatable bonds is 2. The summed E-state index contributed by atoms with van der Waals surface area (Å²) in [6.45, 7) is 2.03. The Morgan fingerprint density at radius 1 is 1.54 bits per heavy atom. The van der Waals surface area contributed by atoms with E-state index in [1.165, 1.54) is 12.1 Å². The molecule has 1 heterocycles. The number of carbonyl (C=O) groups is 1. The van der Waals surface area contributed by atoms with Gasteiger partial charge in [-0.25, -0.2) is 9.78 Å². The predicted molar refractivity (Wildman–Crippen MR) is 49.0 cm³/mol. The van der Waals surface area contributed by atoms with E-state index in [1.807, 2.05) is 0 Å². The number of ether oxygens (including phenoxy) is 1. The first-order chi connectivity index (χ1) is 6.15. The molecule has 4 N–H and O–H groups in total. The Hall–Kier alpha value is -1.78. The smallest absolute Gasteiger partial charge is 0.357 e. The molecule has 5 nitrogen and oxygen atoms in total. The highest BCUT2D eigenvalue weighted by molar-refractivity contribution is 5.88. The summed E-state index contributed by atoms with van der Waals surface area (Å²) in [4.78, 5) is 14.9. The van der Waals surface area contributed by atoms with E-state index in [-0.39, 0.29) is 11.5 Å². The minimum atomic E-state index is -0.491. The van der Waals surface area contributed by atoms with Crippen molar-refractivity contribution in [2.75, 3.05) is 18.1 Å². The van der Waals surface area contributed by atoms with Gasteiger partial charge in [-0.1, -0.05) is 0 Å². The van der Waals surface area contributed by atoms with Crippen LogP contribution >= 0.6 is 0 Å². The molecule has 0 aromatic carbocycles. The van der Waals surface area contributed by atoms with Crippen LogP contribution in [0.2, 0.25) is 0 Å². The molecule has 0 spiro atoms. The second kappa shape index (κ2) is 3.75. The van der Waals surface area contributed by atoms with Crippen molar-refractivity contribution in [2.24, 2.45) is 0 Å². The summed E-state index contributed by atoms with van der Waals surface area (Å²) >= 11 is 0. The van der Waals surface area contributed by atoms with Gasteiger partial charge in [0.05, 0.1) is 12.3 Å². The Balaban J connectivity index is 2.90. The predicted octanol–water partition coefficient (Wildman–Crippen LogP) is 0.423. The van der Waals surface area contributed by atoms with Crippen molar-refractivity contribution >= 4 is 17.5 Å². The van der Waals surface area contributed by atoms with E-state index >= 15 is 0 Å². The highest BCUT2D eigenvalue weighted by Crippen LogP contribution is 2.11. The number of hydrogen-bond donors (Lipinski definition) is 2. The standard InChI is InChI=1S/C8H11N3O2/c1-2-13-8(12)6-4-3-5(9)7(10)11-6/h3-4H,2,9H2,1H3,(H2,10,11). The molecular formula is C8H11N3O2. The highest BCUT2D eigenvalue weighted by atomic mass is 16.5. The number of nitrogen functional groups attached to an aromatic ring is 2. The van der Waals surface area contributed by atoms with Gasteiger partial charge in [0, 0.05) is 0 Å². The van der Waals surface area contributed by atoms with Gasteiger partial charge in [0.15, 0.2) is 5.69 Å². The Morgan fingerprint density at radius 2 is 2.23 bits per heavy atom. The van der Waals surface area contributed by atoms with E-state index in [4.69, 9.17) is 16.2 Å². The summed E-state index contributed by atoms with van der Waals surface area (Å²) in [5.41, 5.74) is 11.4. The molecule has 70 valence electrons. The second-order valence-electron chi connectivity index (χ2n) is 2.39. The third kappa shape index (κ3) is 2.08. The highest BCUT2D eigenvalue weighted by Gasteiger charge is 2.08. The van der Waals surface area contributed by atoms with E-state index < -0.39 is 5.97 Å². The van der Waals surface area contributed by atoms with Crippen LogP contribution in [0.5, 0.6) is 0 Å². The molecule has 1 rings (SSSR count). The van der Waals surface area contributed by atoms with Crippen molar-refractivity contribution in [1.82, 2.24) is 4.98 Å². The Labute approximate surface area is 75.7 Å². The maximum atomic E-state index is 11.1. The Morgan fingerprint density at radius 3 is 2.77 bits per heavy atom. The lowest BCUT2D eigenvalue weighted by molar-refractivity contribution is 0.0519. The van der Waals surface area contributed by atoms with Crippen LogP contribution in [-0.2, 0) is 4.74 Å². The van der Waals surface area contributed by atoms with Crippen LogP contribution in [0.3, 0.4) is 0 Å². The van der Waals surface area contributed by atoms with Gasteiger partial charge >= 0.3 is 5.97 Å². The summed E-state index contributed by atoms with van der Waals surface area (Å²) in [5, 5.41) is 0. The van der Waals surface area contributed by atoms with Crippen molar-refractivity contribution in [3.8, 4) is 0 Å². The number of carbonyl (C=O) groups excluding carboxylic acids is 1. The van der Waals surface area contributed by atoms with Crippen molar-refractivity contribution in [3.05, 3.63) is 17.8 Å². The molecule has 0 amide bonds. The van der Waals surface area contributed by atoms with Crippen LogP contribution < -0.4 is 11.5 Å². The zero-order valence-electron chi connectivity index (χ0n) is 7.28. The normalized spacial score (nSPS) is 9.62. The van der Waals surface area contributed by atoms with Gasteiger partial charge in [-0.3, -0.25) is 0 Å². The molecule has 0 bridgehead atoms. The first-order valence-corrected chi connectivity index (χ1v) is 3.84. The molecule has 0 radical (unpaired) electrons. The minimum Gasteiger partial charge on any atom is -0.461 e. The fourth-order valence-electron chi connectivity index (χ4n) is 0.804. The van der Waals surface area contributed by atoms with Gasteiger partial charge in [0.2, 0.25) is 0 Å². The lowest BCUT2D eigenvalue weighted by atomic mass is 10.3. The summed E-state index contributed by atoms with van der Waals surface area (Å²) < 4.78 is 4.72. The van der Waals surface area contributed by atoms with Gasteiger partial charge in [-0.2, -0.15) is 0 Å². The fraction of sp³-hybridized carbons (Fsp3) is 0.250. The van der Waals surface area contributed by atoms with E-state index in [2.05, 4.69) is 4.98 Å². The molecule has 13 heavy (non-hydrogen) atoms. The molecule has 0 aliphatic rings. The Bertz CT molecular complexity index is 325. The van der Waals surface area contributed by atoms with E-state index in [0.29, 0.717) is 12.3 Å². The molecule has 5 heteroatoms. The summed E-state index contributed by atoms with van der Waals surface area (Å²) in [7, 11) is 0. The zero-order valence-corrected chi connectivity index (χ0v) is 7.28. The quantitative estimate of drug-likeness (QED) is 0.645. The van der Waals surface area contributed by atoms with Crippen molar-refractivity contribution < 1.29 is 9.53 Å². The lowest BCUT2D eigenvalue weighted by Crippen LogP contribution is -2.09. The van der Waals surface area contributed by atoms with Crippen LogP contribution in [0.1, 0.15) is 17.4 Å². The van der Waals surface area contributed by atoms with Crippen LogP contribution in [-0.4, -0.2) is 17.6 Å². The molecule has 0 unspecified atom stereocenters. The molecule has 0 fully saturated rings. The minimum absolute atomic E-state index is 0.144. The third-order valence-electron chi connectivity index (χ3n) is 1.44. The molecule has 1 aromatic rings. The topological polar surface area (TPSA) is 91.2 Å². The number of aromatic nitrogens is 1. The molecule has 0 aliphatic carbocycles. The van der Waals surface area contributed by atoms with Crippen LogP contribution in [0.4, 0.5) is 11.5 Å². The average molecular weight is 181 g/mol. The third-order valence-corrected chi connectivity index (χ3v) is 1.44. The summed E-state index contributed by atoms with van der Waals surface area (Å²) in [6.07, 6.45) is 0. The number of anilines is 2. The monoisotopic (exact) mass is 181 g/mol. The van der Waals surface area contributed by atoms with Crippen molar-refractivity contribution in [3.63, 3.8) is 0 Å². The van der Waals surface area contributed by atoms with Gasteiger partial charge in [0.25, 0.3) is 0 Å². The molecule has 0 atom stereocenters. The largest absolute Gasteiger partial charge is 0.461 e. The number of esters is 1. The second-order valence-corrected chi connectivity index (χ2v) is 2.39. The summed E-state index contributed by atoms with van der Waals surface area (Å²) in [6, 6.07) is 3.00. The molecule has 1 aromatic heterocycles. The van der Waals surface area contributed by atoms with Crippen LogP contribution in [0.25, 0.3) is 0 Å². The van der Waals surface area contributed by atoms with Crippen LogP contribution in [0.15, 0.2) is 12.1 Å². The van der Waals surface area contributed by atoms with E-state index in [0.717, 1.165) is 0 Å². The summed E-state index contributed by atoms with van der Waals surface area (Å²) in [5.74, 6) is -0.347. The van der Waals surface area contributed by atoms with E-state index in [9.17, 15) is 4.79 Å². The molecule has 0 saturated carbocycles. The molecular weight excluding hydrogens is 170 g/mol. The number of nitrogens with zero attached hydrogens (tertiary/aromatic N) is 1. The number of nitrogens with two attached hydrogens (primary N) is 2. The first kappa shape index (κ1) is 9.31. The maximum Gasteiger partial charge on any atom is 0.357 e. The number of hydrogen-bond acceptors (Lipinski definition) is 5. The Kier molecular flexibility index (Phi) is 2.69. The van der Waals surface area contributed by atoms with E-state index in [1.54, 1.807) is 6.92 Å².